The number of thiophene rings is 1. The molecule has 3 aromatic rings. The standard InChI is InChI=1S/C24H26F2N2O2S/c1-29-22-6-3-2-5-20(22)28-14-12-27(13-15-28)11-10-23(24-7-4-16-31-24)30-21-9-8-18(25)17-19(21)26/h2-9,16-17,23H,10-15H2,1H3. The van der Waals surface area contributed by atoms with Crippen LogP contribution in [0.3, 0.4) is 0 Å². The number of para-hydroxylation sites is 2. The van der Waals surface area contributed by atoms with Gasteiger partial charge in [-0.3, -0.25) is 4.90 Å². The van der Waals surface area contributed by atoms with Crippen LogP contribution in [0.25, 0.3) is 0 Å². The van der Waals surface area contributed by atoms with Gasteiger partial charge in [-0.05, 0) is 35.7 Å². The first kappa shape index (κ1) is 21.6. The van der Waals surface area contributed by atoms with Crippen molar-refractivity contribution in [3.63, 3.8) is 0 Å². The zero-order chi connectivity index (χ0) is 21.6. The zero-order valence-electron chi connectivity index (χ0n) is 17.5. The van der Waals surface area contributed by atoms with Crippen LogP contribution in [0.15, 0.2) is 60.0 Å². The Morgan fingerprint density at radius 2 is 1.77 bits per heavy atom. The van der Waals surface area contributed by atoms with Gasteiger partial charge in [-0.1, -0.05) is 18.2 Å². The molecule has 1 atom stereocenters. The maximum atomic E-state index is 14.1. The Morgan fingerprint density at radius 3 is 2.48 bits per heavy atom. The first-order valence-corrected chi connectivity index (χ1v) is 11.3. The topological polar surface area (TPSA) is 24.9 Å². The number of nitrogens with zero attached hydrogens (tertiary/aromatic N) is 2. The zero-order valence-corrected chi connectivity index (χ0v) is 18.3. The van der Waals surface area contributed by atoms with Crippen LogP contribution in [0.2, 0.25) is 0 Å². The van der Waals surface area contributed by atoms with Crippen molar-refractivity contribution in [1.29, 1.82) is 0 Å². The highest BCUT2D eigenvalue weighted by atomic mass is 32.1. The van der Waals surface area contributed by atoms with Gasteiger partial charge < -0.3 is 14.4 Å². The fourth-order valence-corrected chi connectivity index (χ4v) is 4.65. The van der Waals surface area contributed by atoms with E-state index in [4.69, 9.17) is 9.47 Å². The second-order valence-electron chi connectivity index (χ2n) is 7.49. The molecule has 1 saturated heterocycles. The summed E-state index contributed by atoms with van der Waals surface area (Å²) >= 11 is 1.59. The highest BCUT2D eigenvalue weighted by molar-refractivity contribution is 7.10. The first-order valence-electron chi connectivity index (χ1n) is 10.4. The molecule has 164 valence electrons. The highest BCUT2D eigenvalue weighted by Crippen LogP contribution is 2.31. The molecular weight excluding hydrogens is 418 g/mol. The first-order chi connectivity index (χ1) is 15.1. The number of anilines is 1. The van der Waals surface area contributed by atoms with Gasteiger partial charge >= 0.3 is 0 Å². The normalized spacial score (nSPS) is 15.6. The van der Waals surface area contributed by atoms with E-state index in [1.807, 2.05) is 35.7 Å². The Kier molecular flexibility index (Phi) is 7.04. The Bertz CT molecular complexity index is 975. The summed E-state index contributed by atoms with van der Waals surface area (Å²) < 4.78 is 38.8. The molecule has 2 heterocycles. The van der Waals surface area contributed by atoms with Gasteiger partial charge in [0.25, 0.3) is 0 Å². The van der Waals surface area contributed by atoms with Crippen LogP contribution < -0.4 is 14.4 Å². The number of piperazine rings is 1. The summed E-state index contributed by atoms with van der Waals surface area (Å²) in [4.78, 5) is 5.78. The van der Waals surface area contributed by atoms with Gasteiger partial charge in [0, 0.05) is 50.1 Å². The third kappa shape index (κ3) is 5.35. The van der Waals surface area contributed by atoms with Crippen LogP contribution in [0, 0.1) is 11.6 Å². The molecule has 1 aliphatic rings. The van der Waals surface area contributed by atoms with E-state index in [1.165, 1.54) is 12.1 Å². The molecule has 1 unspecified atom stereocenters. The molecule has 1 fully saturated rings. The van der Waals surface area contributed by atoms with Gasteiger partial charge in [-0.15, -0.1) is 11.3 Å². The molecule has 0 aliphatic carbocycles. The van der Waals surface area contributed by atoms with Gasteiger partial charge in [0.15, 0.2) is 11.6 Å². The lowest BCUT2D eigenvalue weighted by atomic mass is 10.1. The number of halogens is 2. The van der Waals surface area contributed by atoms with Crippen LogP contribution in [-0.2, 0) is 0 Å². The van der Waals surface area contributed by atoms with Gasteiger partial charge in [0.1, 0.15) is 17.7 Å². The van der Waals surface area contributed by atoms with Crippen LogP contribution in [0.4, 0.5) is 14.5 Å². The molecule has 31 heavy (non-hydrogen) atoms. The number of ether oxygens (including phenoxy) is 2. The number of hydrogen-bond donors (Lipinski definition) is 0. The summed E-state index contributed by atoms with van der Waals surface area (Å²) in [5.74, 6) is -0.304. The third-order valence-electron chi connectivity index (χ3n) is 5.53. The van der Waals surface area contributed by atoms with Crippen molar-refractivity contribution in [3.05, 3.63) is 76.5 Å². The minimum absolute atomic E-state index is 0.0841. The van der Waals surface area contributed by atoms with E-state index in [1.54, 1.807) is 18.4 Å². The lowest BCUT2D eigenvalue weighted by molar-refractivity contribution is 0.157. The maximum absolute atomic E-state index is 14.1. The molecule has 2 aromatic carbocycles. The molecule has 0 amide bonds. The summed E-state index contributed by atoms with van der Waals surface area (Å²) in [6.07, 6.45) is 0.457. The van der Waals surface area contributed by atoms with Crippen LogP contribution in [-0.4, -0.2) is 44.7 Å². The van der Waals surface area contributed by atoms with E-state index < -0.39 is 11.6 Å². The molecule has 4 rings (SSSR count). The van der Waals surface area contributed by atoms with Crippen molar-refractivity contribution >= 4 is 17.0 Å². The quantitative estimate of drug-likeness (QED) is 0.467. The molecule has 1 aliphatic heterocycles. The summed E-state index contributed by atoms with van der Waals surface area (Å²) in [6, 6.07) is 15.5. The summed E-state index contributed by atoms with van der Waals surface area (Å²) in [5.41, 5.74) is 1.12. The minimum atomic E-state index is -0.674. The molecule has 4 nitrogen and oxygen atoms in total. The number of methoxy groups -OCH3 is 1. The summed E-state index contributed by atoms with van der Waals surface area (Å²) in [7, 11) is 1.70. The van der Waals surface area contributed by atoms with Crippen LogP contribution in [0.5, 0.6) is 11.5 Å². The third-order valence-corrected chi connectivity index (χ3v) is 6.49. The van der Waals surface area contributed by atoms with Crippen molar-refractivity contribution in [3.8, 4) is 11.5 Å². The number of hydrogen-bond acceptors (Lipinski definition) is 5. The van der Waals surface area contributed by atoms with E-state index >= 15 is 0 Å². The maximum Gasteiger partial charge on any atom is 0.168 e. The largest absolute Gasteiger partial charge is 0.495 e. The Labute approximate surface area is 185 Å². The SMILES string of the molecule is COc1ccccc1N1CCN(CCC(Oc2ccc(F)cc2F)c2cccs2)CC1. The molecule has 7 heteroatoms. The summed E-state index contributed by atoms with van der Waals surface area (Å²) in [6.45, 7) is 4.53. The monoisotopic (exact) mass is 444 g/mol. The average Bonchev–Trinajstić information content (AvgIpc) is 3.33. The Hall–Kier alpha value is -2.64. The number of rotatable bonds is 8. The van der Waals surface area contributed by atoms with E-state index in [-0.39, 0.29) is 11.9 Å². The van der Waals surface area contributed by atoms with Crippen LogP contribution >= 0.6 is 11.3 Å². The second-order valence-corrected chi connectivity index (χ2v) is 8.47. The van der Waals surface area contributed by atoms with Gasteiger partial charge in [-0.25, -0.2) is 8.78 Å². The molecule has 0 N–H and O–H groups in total. The van der Waals surface area contributed by atoms with Gasteiger partial charge in [0.05, 0.1) is 12.8 Å². The van der Waals surface area contributed by atoms with E-state index in [0.717, 1.165) is 61.5 Å². The predicted molar refractivity (Wildman–Crippen MR) is 120 cm³/mol. The van der Waals surface area contributed by atoms with Crippen molar-refractivity contribution in [2.24, 2.45) is 0 Å². The molecule has 0 radical (unpaired) electrons. The number of benzene rings is 2. The molecule has 0 spiro atoms. The second kappa shape index (κ2) is 10.1. The minimum Gasteiger partial charge on any atom is -0.495 e. The molecule has 1 aromatic heterocycles. The van der Waals surface area contributed by atoms with Crippen molar-refractivity contribution in [1.82, 2.24) is 4.90 Å². The van der Waals surface area contributed by atoms with Gasteiger partial charge in [0.2, 0.25) is 0 Å². The Morgan fingerprint density at radius 1 is 0.968 bits per heavy atom. The van der Waals surface area contributed by atoms with E-state index in [9.17, 15) is 8.78 Å². The Balaban J connectivity index is 1.36. The molecule has 0 bridgehead atoms. The average molecular weight is 445 g/mol. The van der Waals surface area contributed by atoms with Crippen molar-refractivity contribution in [2.45, 2.75) is 12.5 Å². The lowest BCUT2D eigenvalue weighted by Gasteiger charge is -2.37. The lowest BCUT2D eigenvalue weighted by Crippen LogP contribution is -2.47. The van der Waals surface area contributed by atoms with Crippen molar-refractivity contribution < 1.29 is 18.3 Å². The van der Waals surface area contributed by atoms with Crippen LogP contribution in [0.1, 0.15) is 17.4 Å². The van der Waals surface area contributed by atoms with Crippen molar-refractivity contribution in [2.75, 3.05) is 44.7 Å². The summed E-state index contributed by atoms with van der Waals surface area (Å²) in [5, 5.41) is 1.98. The van der Waals surface area contributed by atoms with E-state index in [2.05, 4.69) is 15.9 Å². The fraction of sp³-hybridized carbons (Fsp3) is 0.333. The fourth-order valence-electron chi connectivity index (χ4n) is 3.86. The molecular formula is C24H26F2N2O2S. The smallest absolute Gasteiger partial charge is 0.168 e. The molecule has 0 saturated carbocycles. The van der Waals surface area contributed by atoms with E-state index in [0.29, 0.717) is 0 Å². The highest BCUT2D eigenvalue weighted by Gasteiger charge is 2.22. The van der Waals surface area contributed by atoms with Gasteiger partial charge in [-0.2, -0.15) is 0 Å². The predicted octanol–water partition coefficient (Wildman–Crippen LogP) is 5.37.